The molecule has 1 fully saturated rings. The Balaban J connectivity index is 2.11. The first-order valence-corrected chi connectivity index (χ1v) is 6.88. The summed E-state index contributed by atoms with van der Waals surface area (Å²) < 4.78 is 24.2. The molecule has 1 N–H and O–H groups in total. The van der Waals surface area contributed by atoms with Gasteiger partial charge in [-0.05, 0) is 19.1 Å². The predicted octanol–water partition coefficient (Wildman–Crippen LogP) is 0.590. The van der Waals surface area contributed by atoms with E-state index in [1.165, 1.54) is 25.1 Å². The van der Waals surface area contributed by atoms with Gasteiger partial charge in [0.15, 0.2) is 0 Å². The maximum absolute atomic E-state index is 13.5. The monoisotopic (exact) mass is 323 g/mol. The van der Waals surface area contributed by atoms with E-state index in [0.717, 1.165) is 23.3 Å². The highest BCUT2D eigenvalue weighted by atomic mass is 19.1. The number of hydrogen-bond donors (Lipinski definition) is 1. The third kappa shape index (κ3) is 2.50. The molecular weight excluding hydrogens is 309 g/mol. The fraction of sp³-hybridized carbons (Fsp3) is 0.333. The summed E-state index contributed by atoms with van der Waals surface area (Å²) in [4.78, 5) is 28.6. The molecule has 2 atom stereocenters. The smallest absolute Gasteiger partial charge is 0.350 e. The summed E-state index contributed by atoms with van der Waals surface area (Å²) in [5.74, 6) is -4.49. The van der Waals surface area contributed by atoms with Crippen LogP contribution in [0.5, 0.6) is 0 Å². The number of carbonyl (C=O) groups excluding carboxylic acids is 2. The van der Waals surface area contributed by atoms with Crippen molar-refractivity contribution in [3.8, 4) is 0 Å². The molecule has 3 rings (SSSR count). The van der Waals surface area contributed by atoms with Crippen molar-refractivity contribution in [2.75, 3.05) is 13.2 Å². The van der Waals surface area contributed by atoms with E-state index < -0.39 is 29.3 Å². The lowest BCUT2D eigenvalue weighted by atomic mass is 9.93. The van der Waals surface area contributed by atoms with Crippen LogP contribution in [0.25, 0.3) is 0 Å². The van der Waals surface area contributed by atoms with Gasteiger partial charge in [0, 0.05) is 17.7 Å². The van der Waals surface area contributed by atoms with E-state index in [0.29, 0.717) is 0 Å². The maximum Gasteiger partial charge on any atom is 0.350 e. The number of hydrogen-bond acceptors (Lipinski definition) is 7. The first kappa shape index (κ1) is 15.6. The maximum atomic E-state index is 13.5. The molecule has 0 radical (unpaired) electrons. The molecule has 0 aliphatic carbocycles. The van der Waals surface area contributed by atoms with Crippen LogP contribution in [0.4, 0.5) is 4.39 Å². The Morgan fingerprint density at radius 3 is 2.74 bits per heavy atom. The van der Waals surface area contributed by atoms with Gasteiger partial charge in [-0.25, -0.2) is 14.0 Å². The molecule has 2 heterocycles. The molecular formula is C15H14FNO6. The Labute approximate surface area is 130 Å². The normalized spacial score (nSPS) is 33.0. The molecule has 2 aliphatic rings. The van der Waals surface area contributed by atoms with Crippen molar-refractivity contribution in [1.82, 2.24) is 5.06 Å². The molecule has 0 bridgehead atoms. The number of rotatable bonds is 1. The molecule has 0 saturated carbocycles. The van der Waals surface area contributed by atoms with Crippen molar-refractivity contribution in [2.24, 2.45) is 0 Å². The van der Waals surface area contributed by atoms with E-state index in [9.17, 15) is 19.1 Å². The fourth-order valence-electron chi connectivity index (χ4n) is 2.60. The third-order valence-corrected chi connectivity index (χ3v) is 3.78. The number of hydroxylamine groups is 2. The molecule has 0 spiro atoms. The van der Waals surface area contributed by atoms with Gasteiger partial charge in [-0.15, -0.1) is 0 Å². The van der Waals surface area contributed by atoms with Gasteiger partial charge in [0.1, 0.15) is 5.82 Å². The summed E-state index contributed by atoms with van der Waals surface area (Å²) in [5.41, 5.74) is -1.87. The SMILES string of the molecule is CC12OC(=O)/C=C/C(=O)ON1CCOC2(O)c1cccc(F)c1. The second kappa shape index (κ2) is 5.41. The zero-order chi connectivity index (χ0) is 16.7. The standard InChI is InChI=1S/C15H14FNO6/c1-14-15(20,10-3-2-4-11(16)9-10)21-8-7-17(14)23-13(19)6-5-12(18)22-14/h2-6,9,20H,7-8H2,1H3/b6-5+. The second-order valence-electron chi connectivity index (χ2n) is 5.25. The number of fused-ring (bicyclic) bond motifs is 1. The van der Waals surface area contributed by atoms with Crippen molar-refractivity contribution in [2.45, 2.75) is 18.4 Å². The van der Waals surface area contributed by atoms with Gasteiger partial charge in [0.2, 0.25) is 0 Å². The van der Waals surface area contributed by atoms with Crippen LogP contribution in [-0.2, 0) is 29.7 Å². The summed E-state index contributed by atoms with van der Waals surface area (Å²) in [5, 5.41) is 12.0. The average molecular weight is 323 g/mol. The van der Waals surface area contributed by atoms with Gasteiger partial charge in [0.25, 0.3) is 11.5 Å². The van der Waals surface area contributed by atoms with E-state index in [1.54, 1.807) is 0 Å². The van der Waals surface area contributed by atoms with Crippen LogP contribution in [0.2, 0.25) is 0 Å². The van der Waals surface area contributed by atoms with Gasteiger partial charge in [-0.1, -0.05) is 17.2 Å². The zero-order valence-electron chi connectivity index (χ0n) is 12.2. The van der Waals surface area contributed by atoms with Crippen LogP contribution in [-0.4, -0.2) is 41.0 Å². The number of esters is 1. The van der Waals surface area contributed by atoms with Crippen LogP contribution in [0.1, 0.15) is 12.5 Å². The molecule has 122 valence electrons. The molecule has 7 nitrogen and oxygen atoms in total. The Hall–Kier alpha value is -2.29. The minimum Gasteiger partial charge on any atom is -0.431 e. The molecule has 1 aromatic carbocycles. The Morgan fingerprint density at radius 2 is 2.00 bits per heavy atom. The molecule has 1 aromatic rings. The van der Waals surface area contributed by atoms with Crippen LogP contribution in [0.15, 0.2) is 36.4 Å². The fourth-order valence-corrected chi connectivity index (χ4v) is 2.60. The Bertz CT molecular complexity index is 692. The third-order valence-electron chi connectivity index (χ3n) is 3.78. The van der Waals surface area contributed by atoms with Crippen molar-refractivity contribution in [3.63, 3.8) is 0 Å². The second-order valence-corrected chi connectivity index (χ2v) is 5.25. The van der Waals surface area contributed by atoms with Crippen LogP contribution in [0, 0.1) is 5.82 Å². The quantitative estimate of drug-likeness (QED) is 0.757. The number of halogens is 1. The van der Waals surface area contributed by atoms with Crippen molar-refractivity contribution < 1.29 is 33.4 Å². The van der Waals surface area contributed by atoms with Gasteiger partial charge >= 0.3 is 11.9 Å². The zero-order valence-corrected chi connectivity index (χ0v) is 12.2. The van der Waals surface area contributed by atoms with E-state index in [1.807, 2.05) is 0 Å². The van der Waals surface area contributed by atoms with Crippen LogP contribution in [0.3, 0.4) is 0 Å². The summed E-state index contributed by atoms with van der Waals surface area (Å²) in [6, 6.07) is 5.05. The minimum atomic E-state index is -2.23. The number of carbonyl (C=O) groups is 2. The van der Waals surface area contributed by atoms with Crippen LogP contribution >= 0.6 is 0 Å². The summed E-state index contributed by atoms with van der Waals surface area (Å²) in [6.45, 7) is 1.35. The number of nitrogens with zero attached hydrogens (tertiary/aromatic N) is 1. The lowest BCUT2D eigenvalue weighted by Crippen LogP contribution is -2.68. The largest absolute Gasteiger partial charge is 0.431 e. The van der Waals surface area contributed by atoms with Crippen molar-refractivity contribution >= 4 is 11.9 Å². The summed E-state index contributed by atoms with van der Waals surface area (Å²) in [6.07, 6.45) is 1.80. The van der Waals surface area contributed by atoms with Gasteiger partial charge in [0.05, 0.1) is 13.2 Å². The minimum absolute atomic E-state index is 0.0260. The van der Waals surface area contributed by atoms with E-state index in [2.05, 4.69) is 0 Å². The molecule has 8 heteroatoms. The Morgan fingerprint density at radius 1 is 1.26 bits per heavy atom. The highest BCUT2D eigenvalue weighted by molar-refractivity contribution is 5.92. The average Bonchev–Trinajstić information content (AvgIpc) is 2.49. The van der Waals surface area contributed by atoms with Gasteiger partial charge < -0.3 is 19.4 Å². The number of aliphatic hydroxyl groups is 1. The molecule has 2 aliphatic heterocycles. The van der Waals surface area contributed by atoms with Gasteiger partial charge in [-0.2, -0.15) is 0 Å². The highest BCUT2D eigenvalue weighted by Crippen LogP contribution is 2.43. The Kier molecular flexibility index (Phi) is 3.67. The molecule has 0 amide bonds. The molecule has 23 heavy (non-hydrogen) atoms. The first-order chi connectivity index (χ1) is 10.8. The van der Waals surface area contributed by atoms with Gasteiger partial charge in [-0.3, -0.25) is 0 Å². The highest BCUT2D eigenvalue weighted by Gasteiger charge is 2.61. The van der Waals surface area contributed by atoms with E-state index in [-0.39, 0.29) is 18.7 Å². The lowest BCUT2D eigenvalue weighted by Gasteiger charge is -2.51. The summed E-state index contributed by atoms with van der Waals surface area (Å²) >= 11 is 0. The van der Waals surface area contributed by atoms with Crippen molar-refractivity contribution in [1.29, 1.82) is 0 Å². The number of benzene rings is 1. The predicted molar refractivity (Wildman–Crippen MR) is 72.7 cm³/mol. The van der Waals surface area contributed by atoms with E-state index in [4.69, 9.17) is 14.3 Å². The van der Waals surface area contributed by atoms with E-state index >= 15 is 0 Å². The number of morpholine rings is 1. The lowest BCUT2D eigenvalue weighted by molar-refractivity contribution is -0.425. The molecule has 0 aromatic heterocycles. The van der Waals surface area contributed by atoms with Crippen molar-refractivity contribution in [3.05, 3.63) is 47.8 Å². The number of ether oxygens (including phenoxy) is 2. The molecule has 2 unspecified atom stereocenters. The van der Waals surface area contributed by atoms with Crippen LogP contribution < -0.4 is 0 Å². The first-order valence-electron chi connectivity index (χ1n) is 6.88. The molecule has 1 saturated heterocycles. The topological polar surface area (TPSA) is 85.3 Å². The summed E-state index contributed by atoms with van der Waals surface area (Å²) in [7, 11) is 0.